The summed E-state index contributed by atoms with van der Waals surface area (Å²) in [6.45, 7) is 1.80. The van der Waals surface area contributed by atoms with Crippen molar-refractivity contribution in [2.75, 3.05) is 5.73 Å². The number of aromatic nitrogens is 1. The van der Waals surface area contributed by atoms with Crippen LogP contribution in [0.2, 0.25) is 5.02 Å². The second kappa shape index (κ2) is 7.20. The van der Waals surface area contributed by atoms with Gasteiger partial charge in [-0.25, -0.2) is 0 Å². The maximum absolute atomic E-state index is 5.91. The van der Waals surface area contributed by atoms with E-state index in [2.05, 4.69) is 22.3 Å². The van der Waals surface area contributed by atoms with Gasteiger partial charge in [-0.3, -0.25) is 0 Å². The summed E-state index contributed by atoms with van der Waals surface area (Å²) < 4.78 is 4.59. The summed E-state index contributed by atoms with van der Waals surface area (Å²) in [7, 11) is 0. The highest BCUT2D eigenvalue weighted by Crippen LogP contribution is 2.23. The molecule has 0 aliphatic rings. The van der Waals surface area contributed by atoms with Gasteiger partial charge < -0.3 is 10.3 Å². The van der Waals surface area contributed by atoms with Gasteiger partial charge in [0.05, 0.1) is 0 Å². The molecule has 0 radical (unpaired) electrons. The average molecular weight is 319 g/mol. The first-order valence-electron chi connectivity index (χ1n) is 6.28. The van der Waals surface area contributed by atoms with Crippen LogP contribution in [0.15, 0.2) is 64.0 Å². The molecule has 3 rings (SSSR count). The van der Waals surface area contributed by atoms with Crippen molar-refractivity contribution in [1.82, 2.24) is 5.16 Å². The van der Waals surface area contributed by atoms with Crippen molar-refractivity contribution in [3.8, 4) is 11.1 Å². The van der Waals surface area contributed by atoms with Crippen molar-refractivity contribution < 1.29 is 4.52 Å². The zero-order valence-electron chi connectivity index (χ0n) is 11.5. The highest BCUT2D eigenvalue weighted by atomic mass is 35.5. The summed E-state index contributed by atoms with van der Waals surface area (Å²) >= 11 is 10.1. The number of rotatable bonds is 1. The first-order valence-corrected chi connectivity index (χ1v) is 7.11. The van der Waals surface area contributed by atoms with Crippen molar-refractivity contribution in [3.63, 3.8) is 0 Å². The van der Waals surface area contributed by atoms with Crippen molar-refractivity contribution >= 4 is 30.0 Å². The Balaban J connectivity index is 0.000000194. The fourth-order valence-electron chi connectivity index (χ4n) is 1.71. The fraction of sp³-hybridized carbons (Fsp3) is 0.0625. The topological polar surface area (TPSA) is 52.0 Å². The molecule has 108 valence electrons. The number of halogens is 1. The van der Waals surface area contributed by atoms with Gasteiger partial charge in [-0.2, -0.15) is 0 Å². The van der Waals surface area contributed by atoms with Gasteiger partial charge in [0.25, 0.3) is 0 Å². The molecule has 0 aliphatic heterocycles. The lowest BCUT2D eigenvalue weighted by Crippen LogP contribution is -1.79. The van der Waals surface area contributed by atoms with Crippen LogP contribution < -0.4 is 5.73 Å². The summed E-state index contributed by atoms with van der Waals surface area (Å²) in [5.74, 6) is 1.19. The predicted octanol–water partition coefficient (Wildman–Crippen LogP) is 4.86. The molecule has 0 atom stereocenters. The molecular weight excluding hydrogens is 304 g/mol. The van der Waals surface area contributed by atoms with E-state index in [0.717, 1.165) is 26.8 Å². The van der Waals surface area contributed by atoms with Gasteiger partial charge in [-0.1, -0.05) is 41.0 Å². The molecule has 0 spiro atoms. The van der Waals surface area contributed by atoms with Crippen LogP contribution in [-0.2, 0) is 0 Å². The third-order valence-electron chi connectivity index (χ3n) is 2.67. The zero-order chi connectivity index (χ0) is 15.2. The van der Waals surface area contributed by atoms with Crippen LogP contribution in [0, 0.1) is 6.92 Å². The molecule has 0 bridgehead atoms. The predicted molar refractivity (Wildman–Crippen MR) is 89.8 cm³/mol. The van der Waals surface area contributed by atoms with Crippen LogP contribution in [0.25, 0.3) is 11.1 Å². The molecule has 2 N–H and O–H groups in total. The number of anilines is 1. The minimum Gasteiger partial charge on any atom is -0.381 e. The van der Waals surface area contributed by atoms with E-state index in [1.807, 2.05) is 48.5 Å². The smallest absolute Gasteiger partial charge is 0.167 e. The number of hydrogen-bond donors (Lipinski definition) is 2. The average Bonchev–Trinajstić information content (AvgIpc) is 2.84. The SMILES string of the molecule is Cc1cc(N)no1.Sc1ccc(-c2cccc(Cl)c2)cc1. The summed E-state index contributed by atoms with van der Waals surface area (Å²) in [6.07, 6.45) is 0. The molecule has 21 heavy (non-hydrogen) atoms. The van der Waals surface area contributed by atoms with Crippen LogP contribution in [0.3, 0.4) is 0 Å². The molecular formula is C16H15ClN2OS. The Labute approximate surface area is 134 Å². The molecule has 0 aliphatic carbocycles. The second-order valence-electron chi connectivity index (χ2n) is 4.42. The maximum atomic E-state index is 5.91. The Kier molecular flexibility index (Phi) is 5.31. The van der Waals surface area contributed by atoms with Crippen LogP contribution in [0.1, 0.15) is 5.76 Å². The van der Waals surface area contributed by atoms with Gasteiger partial charge in [-0.15, -0.1) is 12.6 Å². The van der Waals surface area contributed by atoms with E-state index >= 15 is 0 Å². The van der Waals surface area contributed by atoms with Gasteiger partial charge >= 0.3 is 0 Å². The molecule has 0 unspecified atom stereocenters. The number of thiol groups is 1. The molecule has 3 aromatic rings. The van der Waals surface area contributed by atoms with Crippen molar-refractivity contribution in [2.45, 2.75) is 11.8 Å². The van der Waals surface area contributed by atoms with Crippen LogP contribution in [0.4, 0.5) is 5.82 Å². The molecule has 3 nitrogen and oxygen atoms in total. The third-order valence-corrected chi connectivity index (χ3v) is 3.20. The standard InChI is InChI=1S/C12H9ClS.C4H6N2O/c13-11-3-1-2-10(8-11)9-4-6-12(14)7-5-9;1-3-2-4(5)6-7-3/h1-8,14H;2H,1H3,(H2,5,6). The lowest BCUT2D eigenvalue weighted by atomic mass is 10.1. The van der Waals surface area contributed by atoms with Gasteiger partial charge in [0.2, 0.25) is 0 Å². The molecule has 1 heterocycles. The molecule has 0 saturated heterocycles. The minimum absolute atomic E-state index is 0.442. The Morgan fingerprint density at radius 3 is 2.24 bits per heavy atom. The minimum atomic E-state index is 0.442. The zero-order valence-corrected chi connectivity index (χ0v) is 13.1. The Hall–Kier alpha value is -1.91. The van der Waals surface area contributed by atoms with Crippen LogP contribution in [-0.4, -0.2) is 5.16 Å². The van der Waals surface area contributed by atoms with E-state index < -0.39 is 0 Å². The molecule has 2 aromatic carbocycles. The number of nitrogens with zero attached hydrogens (tertiary/aromatic N) is 1. The second-order valence-corrected chi connectivity index (χ2v) is 5.37. The van der Waals surface area contributed by atoms with E-state index in [1.165, 1.54) is 0 Å². The molecule has 0 fully saturated rings. The first kappa shape index (κ1) is 15.5. The molecule has 0 amide bonds. The number of aryl methyl sites for hydroxylation is 1. The van der Waals surface area contributed by atoms with Gasteiger partial charge in [0.1, 0.15) is 5.76 Å². The Bertz CT molecular complexity index is 694. The Morgan fingerprint density at radius 1 is 1.05 bits per heavy atom. The van der Waals surface area contributed by atoms with Crippen molar-refractivity contribution in [2.24, 2.45) is 0 Å². The fourth-order valence-corrected chi connectivity index (χ4v) is 2.05. The van der Waals surface area contributed by atoms with Gasteiger partial charge in [0, 0.05) is 16.0 Å². The number of nitrogens with two attached hydrogens (primary N) is 1. The van der Waals surface area contributed by atoms with Crippen molar-refractivity contribution in [1.29, 1.82) is 0 Å². The molecule has 0 saturated carbocycles. The van der Waals surface area contributed by atoms with Gasteiger partial charge in [-0.05, 0) is 42.3 Å². The quantitative estimate of drug-likeness (QED) is 0.630. The molecule has 5 heteroatoms. The lowest BCUT2D eigenvalue weighted by molar-refractivity contribution is 0.400. The largest absolute Gasteiger partial charge is 0.381 e. The van der Waals surface area contributed by atoms with E-state index in [-0.39, 0.29) is 0 Å². The number of nitrogen functional groups attached to an aromatic ring is 1. The van der Waals surface area contributed by atoms with E-state index in [4.69, 9.17) is 17.3 Å². The summed E-state index contributed by atoms with van der Waals surface area (Å²) in [4.78, 5) is 0.968. The third kappa shape index (κ3) is 4.85. The van der Waals surface area contributed by atoms with Crippen LogP contribution in [0.5, 0.6) is 0 Å². The Morgan fingerprint density at radius 2 is 1.76 bits per heavy atom. The first-order chi connectivity index (χ1) is 10.0. The molecule has 1 aromatic heterocycles. The van der Waals surface area contributed by atoms with E-state index in [9.17, 15) is 0 Å². The highest BCUT2D eigenvalue weighted by Gasteiger charge is 1.97. The summed E-state index contributed by atoms with van der Waals surface area (Å²) in [5, 5.41) is 4.18. The number of benzene rings is 2. The van der Waals surface area contributed by atoms with Gasteiger partial charge in [0.15, 0.2) is 5.82 Å². The maximum Gasteiger partial charge on any atom is 0.167 e. The lowest BCUT2D eigenvalue weighted by Gasteiger charge is -2.01. The van der Waals surface area contributed by atoms with E-state index in [1.54, 1.807) is 13.0 Å². The van der Waals surface area contributed by atoms with Crippen LogP contribution >= 0.6 is 24.2 Å². The van der Waals surface area contributed by atoms with E-state index in [0.29, 0.717) is 5.82 Å². The number of hydrogen-bond acceptors (Lipinski definition) is 4. The highest BCUT2D eigenvalue weighted by molar-refractivity contribution is 7.80. The summed E-state index contributed by atoms with van der Waals surface area (Å²) in [6, 6.07) is 17.5. The summed E-state index contributed by atoms with van der Waals surface area (Å²) in [5.41, 5.74) is 7.46. The monoisotopic (exact) mass is 318 g/mol. The normalized spacial score (nSPS) is 9.86. The van der Waals surface area contributed by atoms with Crippen molar-refractivity contribution in [3.05, 3.63) is 65.4 Å².